The van der Waals surface area contributed by atoms with E-state index in [4.69, 9.17) is 4.42 Å². The molecule has 0 spiro atoms. The fourth-order valence-corrected chi connectivity index (χ4v) is 2.94. The Morgan fingerprint density at radius 1 is 1.08 bits per heavy atom. The Kier molecular flexibility index (Phi) is 5.39. The number of nitrogens with one attached hydrogen (secondary N) is 1. The van der Waals surface area contributed by atoms with Crippen LogP contribution in [-0.2, 0) is 0 Å². The highest BCUT2D eigenvalue weighted by atomic mass is 79.9. The predicted octanol–water partition coefficient (Wildman–Crippen LogP) is 6.47. The molecule has 1 aromatic heterocycles. The van der Waals surface area contributed by atoms with Crippen molar-refractivity contribution in [2.24, 2.45) is 0 Å². The van der Waals surface area contributed by atoms with E-state index in [0.717, 1.165) is 27.7 Å². The Labute approximate surface area is 156 Å². The van der Waals surface area contributed by atoms with E-state index < -0.39 is 0 Å². The number of halogens is 1. The van der Waals surface area contributed by atoms with Gasteiger partial charge in [0, 0.05) is 15.7 Å². The molecule has 0 aliphatic carbocycles. The van der Waals surface area contributed by atoms with E-state index in [1.54, 1.807) is 6.07 Å². The van der Waals surface area contributed by atoms with Crippen molar-refractivity contribution in [2.45, 2.75) is 26.2 Å². The van der Waals surface area contributed by atoms with Gasteiger partial charge in [-0.25, -0.2) is 0 Å². The van der Waals surface area contributed by atoms with Crippen LogP contribution in [0, 0.1) is 0 Å². The van der Waals surface area contributed by atoms with Gasteiger partial charge in [-0.3, -0.25) is 4.79 Å². The summed E-state index contributed by atoms with van der Waals surface area (Å²) in [5, 5.41) is 2.98. The molecule has 2 aromatic carbocycles. The van der Waals surface area contributed by atoms with Crippen LogP contribution < -0.4 is 5.32 Å². The van der Waals surface area contributed by atoms with Gasteiger partial charge in [0.1, 0.15) is 5.76 Å². The lowest BCUT2D eigenvalue weighted by Gasteiger charge is -2.15. The van der Waals surface area contributed by atoms with Crippen LogP contribution in [0.3, 0.4) is 0 Å². The molecule has 3 nitrogen and oxygen atoms in total. The van der Waals surface area contributed by atoms with Gasteiger partial charge in [-0.15, -0.1) is 0 Å². The van der Waals surface area contributed by atoms with Crippen molar-refractivity contribution in [2.75, 3.05) is 5.32 Å². The first-order valence-electron chi connectivity index (χ1n) is 8.34. The molecule has 1 unspecified atom stereocenters. The maximum absolute atomic E-state index is 12.6. The van der Waals surface area contributed by atoms with Crippen molar-refractivity contribution in [3.63, 3.8) is 0 Å². The summed E-state index contributed by atoms with van der Waals surface area (Å²) in [4.78, 5) is 12.6. The van der Waals surface area contributed by atoms with E-state index in [1.807, 2.05) is 48.5 Å². The molecule has 1 atom stereocenters. The zero-order chi connectivity index (χ0) is 17.8. The summed E-state index contributed by atoms with van der Waals surface area (Å²) in [5.41, 5.74) is 2.91. The largest absolute Gasteiger partial charge is 0.451 e. The van der Waals surface area contributed by atoms with E-state index in [9.17, 15) is 4.79 Å². The number of benzene rings is 2. The van der Waals surface area contributed by atoms with Gasteiger partial charge in [-0.05, 0) is 48.2 Å². The normalized spacial score (nSPS) is 12.0. The minimum absolute atomic E-state index is 0.237. The smallest absolute Gasteiger partial charge is 0.291 e. The van der Waals surface area contributed by atoms with Crippen LogP contribution in [0.5, 0.6) is 0 Å². The highest BCUT2D eigenvalue weighted by molar-refractivity contribution is 9.10. The Morgan fingerprint density at radius 2 is 1.80 bits per heavy atom. The number of hydrogen-bond acceptors (Lipinski definition) is 2. The third kappa shape index (κ3) is 4.02. The fraction of sp³-hybridized carbons (Fsp3) is 0.190. The van der Waals surface area contributed by atoms with Crippen LogP contribution in [0.25, 0.3) is 11.3 Å². The molecule has 0 aliphatic heterocycles. The molecule has 128 valence electrons. The number of rotatable bonds is 5. The quantitative estimate of drug-likeness (QED) is 0.535. The summed E-state index contributed by atoms with van der Waals surface area (Å²) < 4.78 is 6.75. The van der Waals surface area contributed by atoms with Gasteiger partial charge in [0.2, 0.25) is 0 Å². The zero-order valence-electron chi connectivity index (χ0n) is 14.3. The minimum Gasteiger partial charge on any atom is -0.451 e. The lowest BCUT2D eigenvalue weighted by atomic mass is 9.97. The highest BCUT2D eigenvalue weighted by Gasteiger charge is 2.15. The number of hydrogen-bond donors (Lipinski definition) is 1. The van der Waals surface area contributed by atoms with Crippen molar-refractivity contribution < 1.29 is 9.21 Å². The van der Waals surface area contributed by atoms with Crippen molar-refractivity contribution in [1.82, 2.24) is 0 Å². The molecule has 0 fully saturated rings. The van der Waals surface area contributed by atoms with E-state index in [0.29, 0.717) is 17.4 Å². The predicted molar refractivity (Wildman–Crippen MR) is 105 cm³/mol. The summed E-state index contributed by atoms with van der Waals surface area (Å²) in [5.74, 6) is 1.12. The molecule has 1 N–H and O–H groups in total. The Morgan fingerprint density at radius 3 is 2.52 bits per heavy atom. The monoisotopic (exact) mass is 397 g/mol. The van der Waals surface area contributed by atoms with Crippen LogP contribution in [-0.4, -0.2) is 5.91 Å². The molecule has 1 heterocycles. The average Bonchev–Trinajstić information content (AvgIpc) is 3.12. The van der Waals surface area contributed by atoms with E-state index >= 15 is 0 Å². The van der Waals surface area contributed by atoms with Crippen molar-refractivity contribution in [3.05, 3.63) is 76.5 Å². The fourth-order valence-electron chi connectivity index (χ4n) is 2.67. The standard InChI is InChI=1S/C21H20BrNO2/c1-3-14(2)17-6-4-5-7-18(17)23-21(24)20-13-12-19(25-20)15-8-10-16(22)11-9-15/h4-14H,3H2,1-2H3,(H,23,24). The van der Waals surface area contributed by atoms with Gasteiger partial charge in [0.25, 0.3) is 5.91 Å². The first kappa shape index (κ1) is 17.5. The molecule has 25 heavy (non-hydrogen) atoms. The summed E-state index contributed by atoms with van der Waals surface area (Å²) in [6.45, 7) is 4.30. The second-order valence-electron chi connectivity index (χ2n) is 6.02. The summed E-state index contributed by atoms with van der Waals surface area (Å²) in [7, 11) is 0. The third-order valence-corrected chi connectivity index (χ3v) is 4.84. The highest BCUT2D eigenvalue weighted by Crippen LogP contribution is 2.28. The van der Waals surface area contributed by atoms with Crippen LogP contribution in [0.1, 0.15) is 42.3 Å². The molecule has 1 amide bonds. The number of para-hydroxylation sites is 1. The molecular weight excluding hydrogens is 378 g/mol. The number of anilines is 1. The molecule has 0 aliphatic rings. The van der Waals surface area contributed by atoms with Crippen molar-refractivity contribution in [3.8, 4) is 11.3 Å². The number of furan rings is 1. The molecule has 3 rings (SSSR count). The van der Waals surface area contributed by atoms with Gasteiger partial charge in [0.15, 0.2) is 5.76 Å². The molecule has 3 aromatic rings. The van der Waals surface area contributed by atoms with Gasteiger partial charge in [-0.1, -0.05) is 60.1 Å². The van der Waals surface area contributed by atoms with Crippen LogP contribution in [0.4, 0.5) is 5.69 Å². The summed E-state index contributed by atoms with van der Waals surface area (Å²) >= 11 is 3.41. The molecule has 0 bridgehead atoms. The molecule has 0 saturated carbocycles. The van der Waals surface area contributed by atoms with Crippen LogP contribution in [0.2, 0.25) is 0 Å². The number of carbonyl (C=O) groups excluding carboxylic acids is 1. The van der Waals surface area contributed by atoms with Crippen LogP contribution in [0.15, 0.2) is 69.6 Å². The minimum atomic E-state index is -0.237. The van der Waals surface area contributed by atoms with Gasteiger partial charge in [0.05, 0.1) is 0 Å². The van der Waals surface area contributed by atoms with Gasteiger partial charge >= 0.3 is 0 Å². The lowest BCUT2D eigenvalue weighted by molar-refractivity contribution is 0.0997. The second kappa shape index (κ2) is 7.70. The summed E-state index contributed by atoms with van der Waals surface area (Å²) in [6.07, 6.45) is 1.02. The Balaban J connectivity index is 1.80. The van der Waals surface area contributed by atoms with E-state index in [-0.39, 0.29) is 5.91 Å². The molecular formula is C21H20BrNO2. The zero-order valence-corrected chi connectivity index (χ0v) is 15.8. The molecule has 4 heteroatoms. The maximum Gasteiger partial charge on any atom is 0.291 e. The number of amides is 1. The summed E-state index contributed by atoms with van der Waals surface area (Å²) in [6, 6.07) is 19.2. The maximum atomic E-state index is 12.6. The topological polar surface area (TPSA) is 42.2 Å². The van der Waals surface area contributed by atoms with E-state index in [2.05, 4.69) is 41.2 Å². The Hall–Kier alpha value is -2.33. The van der Waals surface area contributed by atoms with Crippen LogP contribution >= 0.6 is 15.9 Å². The van der Waals surface area contributed by atoms with Gasteiger partial charge in [-0.2, -0.15) is 0 Å². The molecule has 0 saturated heterocycles. The first-order valence-corrected chi connectivity index (χ1v) is 9.14. The van der Waals surface area contributed by atoms with Gasteiger partial charge < -0.3 is 9.73 Å². The lowest BCUT2D eigenvalue weighted by Crippen LogP contribution is -2.13. The SMILES string of the molecule is CCC(C)c1ccccc1NC(=O)c1ccc(-c2ccc(Br)cc2)o1. The Bertz CT molecular complexity index is 868. The average molecular weight is 398 g/mol. The second-order valence-corrected chi connectivity index (χ2v) is 6.94. The number of carbonyl (C=O) groups is 1. The molecule has 0 radical (unpaired) electrons. The van der Waals surface area contributed by atoms with Crippen molar-refractivity contribution >= 4 is 27.5 Å². The van der Waals surface area contributed by atoms with Crippen molar-refractivity contribution in [1.29, 1.82) is 0 Å². The third-order valence-electron chi connectivity index (χ3n) is 4.31. The first-order chi connectivity index (χ1) is 12.1. The van der Waals surface area contributed by atoms with E-state index in [1.165, 1.54) is 0 Å².